The van der Waals surface area contributed by atoms with Crippen molar-refractivity contribution in [3.05, 3.63) is 35.7 Å². The Morgan fingerprint density at radius 2 is 2.00 bits per heavy atom. The van der Waals surface area contributed by atoms with Crippen molar-refractivity contribution in [2.75, 3.05) is 31.8 Å². The van der Waals surface area contributed by atoms with E-state index in [9.17, 15) is 5.26 Å². The zero-order chi connectivity index (χ0) is 16.1. The van der Waals surface area contributed by atoms with Gasteiger partial charge in [0, 0.05) is 19.7 Å². The zero-order valence-corrected chi connectivity index (χ0v) is 12.6. The van der Waals surface area contributed by atoms with Crippen LogP contribution in [0.2, 0.25) is 0 Å². The van der Waals surface area contributed by atoms with Crippen LogP contribution in [0.15, 0.2) is 24.3 Å². The number of nitrogen functional groups attached to an aromatic ring is 1. The van der Waals surface area contributed by atoms with Crippen LogP contribution in [0.5, 0.6) is 5.75 Å². The standard InChI is InChI=1S/C15H16N6O/c1-21(2)15-19-13(18-14(17)20-15)11(9-16)8-10-6-4-5-7-12(10)22-3/h4-8H,1-3H3,(H2,17,18,19,20). The first-order valence-electron chi connectivity index (χ1n) is 6.49. The first-order chi connectivity index (χ1) is 10.5. The molecule has 2 N–H and O–H groups in total. The molecule has 22 heavy (non-hydrogen) atoms. The summed E-state index contributed by atoms with van der Waals surface area (Å²) >= 11 is 0. The number of aromatic nitrogens is 3. The number of ether oxygens (including phenoxy) is 1. The molecule has 0 aliphatic carbocycles. The van der Waals surface area contributed by atoms with Gasteiger partial charge < -0.3 is 15.4 Å². The molecule has 1 aromatic heterocycles. The Bertz CT molecular complexity index is 748. The molecular weight excluding hydrogens is 280 g/mol. The van der Waals surface area contributed by atoms with Crippen LogP contribution in [0.3, 0.4) is 0 Å². The molecule has 0 spiro atoms. The number of nitrogens with zero attached hydrogens (tertiary/aromatic N) is 5. The SMILES string of the molecule is COc1ccccc1C=C(C#N)c1nc(N)nc(N(C)C)n1. The van der Waals surface area contributed by atoms with Crippen LogP contribution < -0.4 is 15.4 Å². The van der Waals surface area contributed by atoms with Crippen molar-refractivity contribution >= 4 is 23.5 Å². The van der Waals surface area contributed by atoms with Crippen LogP contribution in [0.4, 0.5) is 11.9 Å². The lowest BCUT2D eigenvalue weighted by Gasteiger charge is -2.11. The highest BCUT2D eigenvalue weighted by Gasteiger charge is 2.11. The summed E-state index contributed by atoms with van der Waals surface area (Å²) in [6.07, 6.45) is 1.66. The third kappa shape index (κ3) is 3.30. The molecule has 0 saturated carbocycles. The molecule has 1 heterocycles. The van der Waals surface area contributed by atoms with Gasteiger partial charge in [0.05, 0.1) is 12.7 Å². The van der Waals surface area contributed by atoms with E-state index in [4.69, 9.17) is 10.5 Å². The quantitative estimate of drug-likeness (QED) is 0.855. The Balaban J connectivity index is 2.53. The highest BCUT2D eigenvalue weighted by atomic mass is 16.5. The monoisotopic (exact) mass is 296 g/mol. The van der Waals surface area contributed by atoms with Gasteiger partial charge in [0.2, 0.25) is 11.9 Å². The summed E-state index contributed by atoms with van der Waals surface area (Å²) in [6, 6.07) is 9.46. The minimum atomic E-state index is 0.0647. The predicted octanol–water partition coefficient (Wildman–Crippen LogP) is 1.59. The van der Waals surface area contributed by atoms with Gasteiger partial charge in [0.1, 0.15) is 11.8 Å². The van der Waals surface area contributed by atoms with Crippen LogP contribution in [0.1, 0.15) is 11.4 Å². The Kier molecular flexibility index (Phi) is 4.53. The number of nitrogens with two attached hydrogens (primary N) is 1. The van der Waals surface area contributed by atoms with E-state index in [1.54, 1.807) is 32.2 Å². The molecule has 7 heteroatoms. The Morgan fingerprint density at radius 3 is 2.64 bits per heavy atom. The first-order valence-corrected chi connectivity index (χ1v) is 6.49. The van der Waals surface area contributed by atoms with Crippen molar-refractivity contribution in [1.82, 2.24) is 15.0 Å². The molecule has 0 aliphatic heterocycles. The summed E-state index contributed by atoms with van der Waals surface area (Å²) < 4.78 is 5.27. The number of para-hydroxylation sites is 1. The van der Waals surface area contributed by atoms with Gasteiger partial charge in [-0.05, 0) is 12.1 Å². The van der Waals surface area contributed by atoms with E-state index in [2.05, 4.69) is 21.0 Å². The summed E-state index contributed by atoms with van der Waals surface area (Å²) in [5.41, 5.74) is 6.72. The molecule has 2 aromatic rings. The van der Waals surface area contributed by atoms with Gasteiger partial charge in [-0.25, -0.2) is 0 Å². The summed E-state index contributed by atoms with van der Waals surface area (Å²) in [5, 5.41) is 9.41. The number of hydrogen-bond acceptors (Lipinski definition) is 7. The lowest BCUT2D eigenvalue weighted by atomic mass is 10.1. The van der Waals surface area contributed by atoms with Crippen molar-refractivity contribution < 1.29 is 4.74 Å². The van der Waals surface area contributed by atoms with Crippen molar-refractivity contribution in [2.45, 2.75) is 0 Å². The van der Waals surface area contributed by atoms with Crippen LogP contribution >= 0.6 is 0 Å². The lowest BCUT2D eigenvalue weighted by molar-refractivity contribution is 0.414. The lowest BCUT2D eigenvalue weighted by Crippen LogP contribution is -2.15. The van der Waals surface area contributed by atoms with Crippen LogP contribution in [0, 0.1) is 11.3 Å². The van der Waals surface area contributed by atoms with Crippen molar-refractivity contribution in [3.63, 3.8) is 0 Å². The molecule has 0 saturated heterocycles. The van der Waals surface area contributed by atoms with Gasteiger partial charge in [0.25, 0.3) is 0 Å². The largest absolute Gasteiger partial charge is 0.496 e. The topological polar surface area (TPSA) is 101 Å². The van der Waals surface area contributed by atoms with Gasteiger partial charge in [0.15, 0.2) is 5.82 Å². The van der Waals surface area contributed by atoms with E-state index < -0.39 is 0 Å². The molecule has 7 nitrogen and oxygen atoms in total. The van der Waals surface area contributed by atoms with E-state index in [0.717, 1.165) is 5.56 Å². The second-order valence-corrected chi connectivity index (χ2v) is 4.62. The average Bonchev–Trinajstić information content (AvgIpc) is 2.52. The summed E-state index contributed by atoms with van der Waals surface area (Å²) in [6.45, 7) is 0. The fraction of sp³-hybridized carbons (Fsp3) is 0.200. The minimum absolute atomic E-state index is 0.0647. The molecule has 2 rings (SSSR count). The zero-order valence-electron chi connectivity index (χ0n) is 12.6. The number of nitriles is 1. The van der Waals surface area contributed by atoms with E-state index >= 15 is 0 Å². The fourth-order valence-electron chi connectivity index (χ4n) is 1.79. The summed E-state index contributed by atoms with van der Waals surface area (Å²) in [5.74, 6) is 1.34. The van der Waals surface area contributed by atoms with E-state index in [-0.39, 0.29) is 17.3 Å². The molecular formula is C15H16N6O. The van der Waals surface area contributed by atoms with E-state index in [1.165, 1.54) is 0 Å². The van der Waals surface area contributed by atoms with Gasteiger partial charge in [-0.15, -0.1) is 0 Å². The molecule has 0 unspecified atom stereocenters. The Morgan fingerprint density at radius 1 is 1.27 bits per heavy atom. The number of allylic oxidation sites excluding steroid dienone is 1. The van der Waals surface area contributed by atoms with Gasteiger partial charge in [-0.3, -0.25) is 0 Å². The van der Waals surface area contributed by atoms with Crippen LogP contribution in [-0.2, 0) is 0 Å². The second-order valence-electron chi connectivity index (χ2n) is 4.62. The maximum absolute atomic E-state index is 9.41. The third-order valence-corrected chi connectivity index (χ3v) is 2.84. The van der Waals surface area contributed by atoms with Gasteiger partial charge >= 0.3 is 0 Å². The first kappa shape index (κ1) is 15.3. The maximum atomic E-state index is 9.41. The molecule has 0 atom stereocenters. The number of rotatable bonds is 4. The molecule has 0 fully saturated rings. The highest BCUT2D eigenvalue weighted by molar-refractivity contribution is 5.88. The van der Waals surface area contributed by atoms with Crippen molar-refractivity contribution in [3.8, 4) is 11.8 Å². The predicted molar refractivity (Wildman–Crippen MR) is 85.0 cm³/mol. The molecule has 0 radical (unpaired) electrons. The fourth-order valence-corrected chi connectivity index (χ4v) is 1.79. The van der Waals surface area contributed by atoms with Gasteiger partial charge in [-0.1, -0.05) is 18.2 Å². The molecule has 1 aromatic carbocycles. The summed E-state index contributed by atoms with van der Waals surface area (Å²) in [7, 11) is 5.15. The van der Waals surface area contributed by atoms with Crippen molar-refractivity contribution in [1.29, 1.82) is 5.26 Å². The highest BCUT2D eigenvalue weighted by Crippen LogP contribution is 2.23. The molecule has 0 aliphatic rings. The molecule has 112 valence electrons. The average molecular weight is 296 g/mol. The van der Waals surface area contributed by atoms with E-state index in [1.807, 2.05) is 24.3 Å². The second kappa shape index (κ2) is 6.54. The molecule has 0 amide bonds. The third-order valence-electron chi connectivity index (χ3n) is 2.84. The number of benzene rings is 1. The van der Waals surface area contributed by atoms with Crippen molar-refractivity contribution in [2.24, 2.45) is 0 Å². The molecule has 0 bridgehead atoms. The van der Waals surface area contributed by atoms with Gasteiger partial charge in [-0.2, -0.15) is 20.2 Å². The maximum Gasteiger partial charge on any atom is 0.230 e. The minimum Gasteiger partial charge on any atom is -0.496 e. The number of anilines is 2. The number of hydrogen-bond donors (Lipinski definition) is 1. The Hall–Kier alpha value is -3.14. The van der Waals surface area contributed by atoms with Crippen LogP contribution in [0.25, 0.3) is 11.6 Å². The summed E-state index contributed by atoms with van der Waals surface area (Å²) in [4.78, 5) is 14.0. The van der Waals surface area contributed by atoms with Crippen LogP contribution in [-0.4, -0.2) is 36.2 Å². The smallest absolute Gasteiger partial charge is 0.230 e. The normalized spacial score (nSPS) is 10.9. The Labute approximate surface area is 128 Å². The number of methoxy groups -OCH3 is 1. The van der Waals surface area contributed by atoms with E-state index in [0.29, 0.717) is 11.7 Å².